The van der Waals surface area contributed by atoms with Gasteiger partial charge in [0.15, 0.2) is 5.13 Å². The number of anilines is 1. The van der Waals surface area contributed by atoms with Gasteiger partial charge < -0.3 is 20.3 Å². The van der Waals surface area contributed by atoms with E-state index in [1.54, 1.807) is 6.92 Å². The Morgan fingerprint density at radius 2 is 1.91 bits per heavy atom. The molecule has 2 aliphatic rings. The summed E-state index contributed by atoms with van der Waals surface area (Å²) in [6.45, 7) is 5.23. The summed E-state index contributed by atoms with van der Waals surface area (Å²) in [5.41, 5.74) is 3.72. The Bertz CT molecular complexity index is 1260. The summed E-state index contributed by atoms with van der Waals surface area (Å²) in [7, 11) is 0. The first-order chi connectivity index (χ1) is 15.7. The number of fused-ring (bicyclic) bond motifs is 1. The van der Waals surface area contributed by atoms with Crippen molar-refractivity contribution < 1.29 is 14.7 Å². The van der Waals surface area contributed by atoms with Gasteiger partial charge in [-0.3, -0.25) is 4.79 Å². The number of aromatic carboxylic acids is 1. The van der Waals surface area contributed by atoms with Crippen molar-refractivity contribution in [1.29, 1.82) is 0 Å². The van der Waals surface area contributed by atoms with E-state index in [-0.39, 0.29) is 27.5 Å². The van der Waals surface area contributed by atoms with Crippen molar-refractivity contribution in [3.63, 3.8) is 0 Å². The number of carbonyl (C=O) groups excluding carboxylic acids is 1. The Hall–Kier alpha value is -2.55. The van der Waals surface area contributed by atoms with E-state index in [0.29, 0.717) is 34.7 Å². The van der Waals surface area contributed by atoms with Crippen LogP contribution in [0.15, 0.2) is 24.3 Å². The van der Waals surface area contributed by atoms with Gasteiger partial charge in [0.2, 0.25) is 0 Å². The highest BCUT2D eigenvalue weighted by Gasteiger charge is 2.57. The van der Waals surface area contributed by atoms with E-state index in [1.807, 2.05) is 31.2 Å². The molecule has 1 aliphatic heterocycles. The molecule has 1 saturated carbocycles. The molecule has 3 N–H and O–H groups in total. The lowest BCUT2D eigenvalue weighted by atomic mass is 10.0. The van der Waals surface area contributed by atoms with Crippen molar-refractivity contribution in [2.75, 3.05) is 18.0 Å². The molecule has 0 bridgehead atoms. The maximum atomic E-state index is 12.6. The Kier molecular flexibility index (Phi) is 5.63. The van der Waals surface area contributed by atoms with Crippen LogP contribution in [-0.4, -0.2) is 46.1 Å². The van der Waals surface area contributed by atoms with Crippen LogP contribution in [0.1, 0.15) is 42.7 Å². The molecule has 0 radical (unpaired) electrons. The molecule has 33 heavy (non-hydrogen) atoms. The molecule has 7 nitrogen and oxygen atoms in total. The predicted octanol–water partition coefficient (Wildman–Crippen LogP) is 4.55. The third kappa shape index (κ3) is 4.00. The molecular formula is C23H22Cl2N4O3S. The molecule has 2 fully saturated rings. The minimum Gasteiger partial charge on any atom is -0.477 e. The molecule has 172 valence electrons. The lowest BCUT2D eigenvalue weighted by Crippen LogP contribution is -2.34. The van der Waals surface area contributed by atoms with Gasteiger partial charge in [0, 0.05) is 43.1 Å². The van der Waals surface area contributed by atoms with Crippen molar-refractivity contribution in [2.24, 2.45) is 11.8 Å². The molecule has 0 spiro atoms. The number of thiazole rings is 1. The Labute approximate surface area is 204 Å². The molecule has 1 amide bonds. The number of halogens is 2. The van der Waals surface area contributed by atoms with Gasteiger partial charge in [0.1, 0.15) is 10.6 Å². The summed E-state index contributed by atoms with van der Waals surface area (Å²) in [5, 5.41) is 14.1. The fourth-order valence-corrected chi connectivity index (χ4v) is 5.95. The number of carboxylic acids is 1. The number of benzene rings is 1. The van der Waals surface area contributed by atoms with E-state index < -0.39 is 5.97 Å². The third-order valence-electron chi connectivity index (χ3n) is 6.54. The number of nitrogens with one attached hydrogen (secondary N) is 2. The van der Waals surface area contributed by atoms with Crippen LogP contribution in [0.4, 0.5) is 5.13 Å². The highest BCUT2D eigenvalue weighted by atomic mass is 35.5. The SMILES string of the molecule is Cc1ccccc1Cc1nc(N2C[C@@H]3[C@H](C2)[C@H]3NC(=O)c2[nH]c(C)c(Cl)c2Cl)sc1C(=O)O. The van der Waals surface area contributed by atoms with Crippen LogP contribution >= 0.6 is 34.5 Å². The number of carbonyl (C=O) groups is 2. The molecule has 3 heterocycles. The van der Waals surface area contributed by atoms with Gasteiger partial charge in [0.25, 0.3) is 5.91 Å². The number of hydrogen-bond donors (Lipinski definition) is 3. The van der Waals surface area contributed by atoms with Crippen LogP contribution in [0.3, 0.4) is 0 Å². The van der Waals surface area contributed by atoms with Crippen molar-refractivity contribution in [3.05, 3.63) is 67.4 Å². The fraction of sp³-hybridized carbons (Fsp3) is 0.348. The zero-order valence-corrected chi connectivity index (χ0v) is 20.3. The summed E-state index contributed by atoms with van der Waals surface area (Å²) < 4.78 is 0. The summed E-state index contributed by atoms with van der Waals surface area (Å²) in [6, 6.07) is 8.00. The zero-order valence-electron chi connectivity index (χ0n) is 18.0. The molecular weight excluding hydrogens is 483 g/mol. The maximum absolute atomic E-state index is 12.6. The smallest absolute Gasteiger partial charge is 0.347 e. The second-order valence-corrected chi connectivity index (χ2v) is 10.4. The first kappa shape index (κ1) is 22.3. The average Bonchev–Trinajstić information content (AvgIpc) is 3.14. The number of H-pyrrole nitrogens is 1. The van der Waals surface area contributed by atoms with Crippen molar-refractivity contribution in [2.45, 2.75) is 26.3 Å². The van der Waals surface area contributed by atoms with Crippen LogP contribution in [0.5, 0.6) is 0 Å². The standard InChI is InChI=1S/C23H22Cl2N4O3S/c1-10-5-3-4-6-12(10)7-15-20(22(31)32)33-23(27-15)29-8-13-14(9-29)18(13)28-21(30)19-17(25)16(24)11(2)26-19/h3-6,13-14,18,26H,7-9H2,1-2H3,(H,28,30)(H,31,32)/t13-,14+,18+. The van der Waals surface area contributed by atoms with E-state index >= 15 is 0 Å². The molecule has 1 aliphatic carbocycles. The number of aromatic nitrogens is 2. The van der Waals surface area contributed by atoms with Gasteiger partial charge in [0.05, 0.1) is 15.7 Å². The number of carboxylic acid groups (broad SMARTS) is 1. The third-order valence-corrected chi connectivity index (χ3v) is 8.64. The molecule has 3 atom stereocenters. The van der Waals surface area contributed by atoms with E-state index in [4.69, 9.17) is 28.2 Å². The molecule has 5 rings (SSSR count). The first-order valence-corrected chi connectivity index (χ1v) is 12.2. The predicted molar refractivity (Wildman–Crippen MR) is 129 cm³/mol. The lowest BCUT2D eigenvalue weighted by molar-refractivity contribution is 0.0700. The summed E-state index contributed by atoms with van der Waals surface area (Å²) in [4.78, 5) is 34.5. The minimum absolute atomic E-state index is 0.0672. The second kappa shape index (κ2) is 8.34. The summed E-state index contributed by atoms with van der Waals surface area (Å²) in [6.07, 6.45) is 0.489. The summed E-state index contributed by atoms with van der Waals surface area (Å²) in [5.74, 6) is -0.606. The molecule has 3 aromatic rings. The normalized spacial score (nSPS) is 21.2. The van der Waals surface area contributed by atoms with Crippen molar-refractivity contribution in [3.8, 4) is 0 Å². The number of amides is 1. The Balaban J connectivity index is 1.26. The van der Waals surface area contributed by atoms with Crippen LogP contribution < -0.4 is 10.2 Å². The van der Waals surface area contributed by atoms with E-state index in [0.717, 1.165) is 29.3 Å². The van der Waals surface area contributed by atoms with Gasteiger partial charge in [-0.1, -0.05) is 58.8 Å². The summed E-state index contributed by atoms with van der Waals surface area (Å²) >= 11 is 13.5. The molecule has 10 heteroatoms. The Morgan fingerprint density at radius 1 is 1.21 bits per heavy atom. The molecule has 0 unspecified atom stereocenters. The van der Waals surface area contributed by atoms with Crippen LogP contribution in [0.2, 0.25) is 10.0 Å². The van der Waals surface area contributed by atoms with Crippen molar-refractivity contribution >= 4 is 51.5 Å². The maximum Gasteiger partial charge on any atom is 0.347 e. The van der Waals surface area contributed by atoms with E-state index in [1.165, 1.54) is 11.3 Å². The largest absolute Gasteiger partial charge is 0.477 e. The number of aryl methyl sites for hydroxylation is 2. The van der Waals surface area contributed by atoms with Gasteiger partial charge >= 0.3 is 5.97 Å². The van der Waals surface area contributed by atoms with Crippen LogP contribution in [0, 0.1) is 25.7 Å². The van der Waals surface area contributed by atoms with Gasteiger partial charge in [-0.2, -0.15) is 0 Å². The van der Waals surface area contributed by atoms with E-state index in [2.05, 4.69) is 15.2 Å². The number of piperidine rings is 1. The van der Waals surface area contributed by atoms with E-state index in [9.17, 15) is 14.7 Å². The number of rotatable bonds is 6. The molecule has 2 aromatic heterocycles. The fourth-order valence-electron chi connectivity index (χ4n) is 4.60. The van der Waals surface area contributed by atoms with Crippen LogP contribution in [-0.2, 0) is 6.42 Å². The lowest BCUT2D eigenvalue weighted by Gasteiger charge is -2.19. The first-order valence-electron chi connectivity index (χ1n) is 10.6. The number of nitrogens with zero attached hydrogens (tertiary/aromatic N) is 2. The highest BCUT2D eigenvalue weighted by Crippen LogP contribution is 2.48. The quantitative estimate of drug-likeness (QED) is 0.457. The zero-order chi connectivity index (χ0) is 23.4. The topological polar surface area (TPSA) is 98.3 Å². The average molecular weight is 505 g/mol. The Morgan fingerprint density at radius 3 is 2.52 bits per heavy atom. The van der Waals surface area contributed by atoms with Gasteiger partial charge in [-0.25, -0.2) is 9.78 Å². The molecule has 1 aromatic carbocycles. The highest BCUT2D eigenvalue weighted by molar-refractivity contribution is 7.17. The molecule has 1 saturated heterocycles. The number of hydrogen-bond acceptors (Lipinski definition) is 5. The number of aromatic amines is 1. The van der Waals surface area contributed by atoms with Crippen LogP contribution in [0.25, 0.3) is 0 Å². The van der Waals surface area contributed by atoms with Crippen molar-refractivity contribution in [1.82, 2.24) is 15.3 Å². The minimum atomic E-state index is -0.950. The monoisotopic (exact) mass is 504 g/mol. The van der Waals surface area contributed by atoms with Gasteiger partial charge in [-0.15, -0.1) is 0 Å². The van der Waals surface area contributed by atoms with Gasteiger partial charge in [-0.05, 0) is 25.0 Å². The second-order valence-electron chi connectivity index (χ2n) is 8.67.